The van der Waals surface area contributed by atoms with Crippen LogP contribution in [0.2, 0.25) is 0 Å². The fraction of sp³-hybridized carbons (Fsp3) is 0.286. The molecule has 1 aromatic carbocycles. The number of H-pyrrole nitrogens is 1. The fourth-order valence-corrected chi connectivity index (χ4v) is 1.76. The number of ether oxygens (including phenoxy) is 1. The molecule has 1 aromatic heterocycles. The van der Waals surface area contributed by atoms with E-state index >= 15 is 0 Å². The van der Waals surface area contributed by atoms with Gasteiger partial charge in [0.25, 0.3) is 5.56 Å². The van der Waals surface area contributed by atoms with Crippen LogP contribution in [0.5, 0.6) is 5.75 Å². The SMILES string of the molecule is Cc1cccc(OCc2nc(CCN)cc(=O)[nH]2)c1. The molecule has 5 heteroatoms. The van der Waals surface area contributed by atoms with E-state index in [-0.39, 0.29) is 12.2 Å². The molecule has 2 rings (SSSR count). The number of rotatable bonds is 5. The Bertz CT molecular complexity index is 608. The number of aryl methyl sites for hydroxylation is 1. The second kappa shape index (κ2) is 6.15. The molecule has 0 saturated heterocycles. The lowest BCUT2D eigenvalue weighted by molar-refractivity contribution is 0.294. The summed E-state index contributed by atoms with van der Waals surface area (Å²) in [6.45, 7) is 2.70. The molecule has 0 spiro atoms. The molecule has 0 bridgehead atoms. The van der Waals surface area contributed by atoms with Gasteiger partial charge >= 0.3 is 0 Å². The van der Waals surface area contributed by atoms with Crippen LogP contribution >= 0.6 is 0 Å². The molecule has 3 N–H and O–H groups in total. The first-order valence-corrected chi connectivity index (χ1v) is 6.16. The summed E-state index contributed by atoms with van der Waals surface area (Å²) in [6, 6.07) is 9.18. The third-order valence-electron chi connectivity index (χ3n) is 2.61. The summed E-state index contributed by atoms with van der Waals surface area (Å²) in [5, 5.41) is 0. The Hall–Kier alpha value is -2.14. The zero-order valence-electron chi connectivity index (χ0n) is 10.8. The summed E-state index contributed by atoms with van der Waals surface area (Å²) in [6.07, 6.45) is 0.585. The fourth-order valence-electron chi connectivity index (χ4n) is 1.76. The average molecular weight is 259 g/mol. The maximum atomic E-state index is 11.5. The minimum Gasteiger partial charge on any atom is -0.486 e. The van der Waals surface area contributed by atoms with Crippen LogP contribution in [-0.2, 0) is 13.0 Å². The van der Waals surface area contributed by atoms with Crippen LogP contribution < -0.4 is 16.0 Å². The van der Waals surface area contributed by atoms with Gasteiger partial charge in [-0.05, 0) is 31.2 Å². The van der Waals surface area contributed by atoms with Crippen LogP contribution in [0.3, 0.4) is 0 Å². The van der Waals surface area contributed by atoms with Crippen molar-refractivity contribution < 1.29 is 4.74 Å². The molecule has 0 aliphatic heterocycles. The Morgan fingerprint density at radius 3 is 2.95 bits per heavy atom. The van der Waals surface area contributed by atoms with Crippen molar-refractivity contribution in [2.45, 2.75) is 20.0 Å². The number of nitrogens with zero attached hydrogens (tertiary/aromatic N) is 1. The normalized spacial score (nSPS) is 10.4. The Balaban J connectivity index is 2.09. The van der Waals surface area contributed by atoms with Gasteiger partial charge in [0.05, 0.1) is 0 Å². The predicted octanol–water partition coefficient (Wildman–Crippen LogP) is 1.16. The highest BCUT2D eigenvalue weighted by Gasteiger charge is 2.02. The van der Waals surface area contributed by atoms with Crippen LogP contribution in [0.15, 0.2) is 35.1 Å². The standard InChI is InChI=1S/C14H17N3O2/c1-10-3-2-4-12(7-10)19-9-13-16-11(5-6-15)8-14(18)17-13/h2-4,7-8H,5-6,9,15H2,1H3,(H,16,17,18). The average Bonchev–Trinajstić information content (AvgIpc) is 2.36. The second-order valence-corrected chi connectivity index (χ2v) is 4.33. The summed E-state index contributed by atoms with van der Waals surface area (Å²) in [5.74, 6) is 1.27. The zero-order chi connectivity index (χ0) is 13.7. The van der Waals surface area contributed by atoms with Gasteiger partial charge in [-0.3, -0.25) is 4.79 Å². The lowest BCUT2D eigenvalue weighted by atomic mass is 10.2. The Morgan fingerprint density at radius 1 is 1.37 bits per heavy atom. The van der Waals surface area contributed by atoms with Gasteiger partial charge in [-0.25, -0.2) is 4.98 Å². The highest BCUT2D eigenvalue weighted by molar-refractivity contribution is 5.27. The molecule has 0 saturated carbocycles. The van der Waals surface area contributed by atoms with Gasteiger partial charge in [-0.15, -0.1) is 0 Å². The quantitative estimate of drug-likeness (QED) is 0.844. The van der Waals surface area contributed by atoms with Gasteiger partial charge in [-0.1, -0.05) is 12.1 Å². The molecule has 100 valence electrons. The first-order chi connectivity index (χ1) is 9.17. The second-order valence-electron chi connectivity index (χ2n) is 4.33. The molecule has 19 heavy (non-hydrogen) atoms. The summed E-state index contributed by atoms with van der Waals surface area (Å²) in [7, 11) is 0. The molecule has 1 heterocycles. The number of aromatic nitrogens is 2. The van der Waals surface area contributed by atoms with E-state index in [1.54, 1.807) is 0 Å². The molecule has 0 unspecified atom stereocenters. The molecule has 0 aliphatic carbocycles. The van der Waals surface area contributed by atoms with Crippen molar-refractivity contribution in [1.29, 1.82) is 0 Å². The number of nitrogens with two attached hydrogens (primary N) is 1. The van der Waals surface area contributed by atoms with Gasteiger partial charge in [-0.2, -0.15) is 0 Å². The number of benzene rings is 1. The smallest absolute Gasteiger partial charge is 0.251 e. The summed E-state index contributed by atoms with van der Waals surface area (Å²) < 4.78 is 5.60. The van der Waals surface area contributed by atoms with Crippen LogP contribution in [-0.4, -0.2) is 16.5 Å². The molecule has 0 radical (unpaired) electrons. The van der Waals surface area contributed by atoms with Crippen LogP contribution in [0.1, 0.15) is 17.1 Å². The van der Waals surface area contributed by atoms with Crippen molar-refractivity contribution in [2.75, 3.05) is 6.54 Å². The molecule has 0 atom stereocenters. The number of nitrogens with one attached hydrogen (secondary N) is 1. The number of hydrogen-bond donors (Lipinski definition) is 2. The molecular formula is C14H17N3O2. The predicted molar refractivity (Wildman–Crippen MR) is 73.1 cm³/mol. The van der Waals surface area contributed by atoms with E-state index in [1.165, 1.54) is 6.07 Å². The molecule has 0 aliphatic rings. The van der Waals surface area contributed by atoms with Crippen LogP contribution in [0.4, 0.5) is 0 Å². The monoisotopic (exact) mass is 259 g/mol. The van der Waals surface area contributed by atoms with Gasteiger partial charge in [0.1, 0.15) is 18.2 Å². The number of aromatic amines is 1. The van der Waals surface area contributed by atoms with Gasteiger partial charge in [0, 0.05) is 18.2 Å². The summed E-state index contributed by atoms with van der Waals surface area (Å²) in [5.41, 5.74) is 7.09. The largest absolute Gasteiger partial charge is 0.486 e. The maximum absolute atomic E-state index is 11.5. The third kappa shape index (κ3) is 3.93. The molecule has 0 amide bonds. The van der Waals surface area contributed by atoms with Crippen molar-refractivity contribution in [3.8, 4) is 5.75 Å². The van der Waals surface area contributed by atoms with E-state index in [1.807, 2.05) is 31.2 Å². The summed E-state index contributed by atoms with van der Waals surface area (Å²) in [4.78, 5) is 18.4. The van der Waals surface area contributed by atoms with Crippen molar-refractivity contribution >= 4 is 0 Å². The van der Waals surface area contributed by atoms with E-state index in [0.717, 1.165) is 11.3 Å². The number of hydrogen-bond acceptors (Lipinski definition) is 4. The van der Waals surface area contributed by atoms with Crippen LogP contribution in [0, 0.1) is 6.92 Å². The van der Waals surface area contributed by atoms with E-state index in [4.69, 9.17) is 10.5 Å². The first kappa shape index (κ1) is 13.3. The first-order valence-electron chi connectivity index (χ1n) is 6.16. The lowest BCUT2D eigenvalue weighted by Gasteiger charge is -2.07. The van der Waals surface area contributed by atoms with Crippen molar-refractivity contribution in [2.24, 2.45) is 5.73 Å². The minimum atomic E-state index is -0.179. The zero-order valence-corrected chi connectivity index (χ0v) is 10.8. The van der Waals surface area contributed by atoms with E-state index in [0.29, 0.717) is 24.5 Å². The van der Waals surface area contributed by atoms with E-state index < -0.39 is 0 Å². The molecule has 2 aromatic rings. The highest BCUT2D eigenvalue weighted by atomic mass is 16.5. The third-order valence-corrected chi connectivity index (χ3v) is 2.61. The Morgan fingerprint density at radius 2 is 2.21 bits per heavy atom. The van der Waals surface area contributed by atoms with Gasteiger partial charge in [0.15, 0.2) is 0 Å². The molecule has 5 nitrogen and oxygen atoms in total. The van der Waals surface area contributed by atoms with E-state index in [2.05, 4.69) is 9.97 Å². The summed E-state index contributed by atoms with van der Waals surface area (Å²) >= 11 is 0. The Kier molecular flexibility index (Phi) is 4.30. The van der Waals surface area contributed by atoms with E-state index in [9.17, 15) is 4.79 Å². The van der Waals surface area contributed by atoms with Gasteiger partial charge < -0.3 is 15.5 Å². The minimum absolute atomic E-state index is 0.179. The van der Waals surface area contributed by atoms with Crippen molar-refractivity contribution in [3.05, 3.63) is 57.8 Å². The van der Waals surface area contributed by atoms with Crippen LogP contribution in [0.25, 0.3) is 0 Å². The maximum Gasteiger partial charge on any atom is 0.251 e. The molecule has 0 fully saturated rings. The Labute approximate surface area is 111 Å². The molecular weight excluding hydrogens is 242 g/mol. The lowest BCUT2D eigenvalue weighted by Crippen LogP contribution is -2.16. The van der Waals surface area contributed by atoms with Crippen molar-refractivity contribution in [3.63, 3.8) is 0 Å². The highest BCUT2D eigenvalue weighted by Crippen LogP contribution is 2.13. The van der Waals surface area contributed by atoms with Crippen molar-refractivity contribution in [1.82, 2.24) is 9.97 Å². The topological polar surface area (TPSA) is 81.0 Å². The van der Waals surface area contributed by atoms with Gasteiger partial charge in [0.2, 0.25) is 0 Å².